The molecular weight excluding hydrogens is 292 g/mol. The van der Waals surface area contributed by atoms with Crippen LogP contribution in [0.15, 0.2) is 24.3 Å². The molecule has 0 aliphatic rings. The van der Waals surface area contributed by atoms with Gasteiger partial charge in [0.2, 0.25) is 0 Å². The van der Waals surface area contributed by atoms with Crippen molar-refractivity contribution < 1.29 is 4.92 Å². The molecule has 2 rings (SSSR count). The smallest absolute Gasteiger partial charge is 0.272 e. The molecule has 0 bridgehead atoms. The SMILES string of the molecule is CCc1nc(Cl)cc(NCc2cccc([N+](=O)[O-])c2C)n1. The number of anilines is 1. The van der Waals surface area contributed by atoms with Crippen molar-refractivity contribution in [1.29, 1.82) is 0 Å². The van der Waals surface area contributed by atoms with Crippen LogP contribution in [0.3, 0.4) is 0 Å². The van der Waals surface area contributed by atoms with E-state index in [2.05, 4.69) is 15.3 Å². The maximum Gasteiger partial charge on any atom is 0.272 e. The van der Waals surface area contributed by atoms with Crippen LogP contribution in [0.2, 0.25) is 5.15 Å². The van der Waals surface area contributed by atoms with Gasteiger partial charge in [-0.1, -0.05) is 30.7 Å². The van der Waals surface area contributed by atoms with E-state index >= 15 is 0 Å². The van der Waals surface area contributed by atoms with Gasteiger partial charge in [-0.2, -0.15) is 0 Å². The van der Waals surface area contributed by atoms with E-state index < -0.39 is 0 Å². The fraction of sp³-hybridized carbons (Fsp3) is 0.286. The zero-order valence-electron chi connectivity index (χ0n) is 11.8. The third kappa shape index (κ3) is 3.66. The van der Waals surface area contributed by atoms with Gasteiger partial charge in [0.25, 0.3) is 5.69 Å². The lowest BCUT2D eigenvalue weighted by Crippen LogP contribution is -2.06. The number of aryl methyl sites for hydroxylation is 1. The molecule has 0 unspecified atom stereocenters. The summed E-state index contributed by atoms with van der Waals surface area (Å²) in [5.41, 5.74) is 1.60. The van der Waals surface area contributed by atoms with Gasteiger partial charge < -0.3 is 5.32 Å². The number of hydrogen-bond acceptors (Lipinski definition) is 5. The Morgan fingerprint density at radius 3 is 2.81 bits per heavy atom. The number of rotatable bonds is 5. The number of aromatic nitrogens is 2. The van der Waals surface area contributed by atoms with Gasteiger partial charge >= 0.3 is 0 Å². The number of hydrogen-bond donors (Lipinski definition) is 1. The van der Waals surface area contributed by atoms with Crippen molar-refractivity contribution in [3.63, 3.8) is 0 Å². The molecule has 0 fully saturated rings. The van der Waals surface area contributed by atoms with Crippen molar-refractivity contribution in [3.05, 3.63) is 56.5 Å². The molecule has 1 N–H and O–H groups in total. The van der Waals surface area contributed by atoms with Crippen molar-refractivity contribution in [2.75, 3.05) is 5.32 Å². The highest BCUT2D eigenvalue weighted by atomic mass is 35.5. The predicted octanol–water partition coefficient (Wildman–Crippen LogP) is 3.52. The summed E-state index contributed by atoms with van der Waals surface area (Å²) >= 11 is 5.93. The maximum absolute atomic E-state index is 10.9. The van der Waals surface area contributed by atoms with Crippen LogP contribution < -0.4 is 5.32 Å². The van der Waals surface area contributed by atoms with Gasteiger partial charge in [0.1, 0.15) is 16.8 Å². The molecule has 1 heterocycles. The predicted molar refractivity (Wildman–Crippen MR) is 81.6 cm³/mol. The average Bonchev–Trinajstić information content (AvgIpc) is 2.45. The topological polar surface area (TPSA) is 81.0 Å². The Hall–Kier alpha value is -2.21. The van der Waals surface area contributed by atoms with Crippen LogP contribution >= 0.6 is 11.6 Å². The van der Waals surface area contributed by atoms with Crippen molar-refractivity contribution in [2.45, 2.75) is 26.8 Å². The number of nitrogens with one attached hydrogen (secondary N) is 1. The highest BCUT2D eigenvalue weighted by Gasteiger charge is 2.13. The first-order valence-electron chi connectivity index (χ1n) is 6.51. The van der Waals surface area contributed by atoms with E-state index in [0.717, 1.165) is 5.56 Å². The molecule has 0 aliphatic heterocycles. The molecule has 0 aliphatic carbocycles. The molecule has 0 spiro atoms. The molecule has 21 heavy (non-hydrogen) atoms. The number of nitro benzene ring substituents is 1. The molecule has 6 nitrogen and oxygen atoms in total. The molecule has 0 atom stereocenters. The van der Waals surface area contributed by atoms with Crippen LogP contribution in [0.4, 0.5) is 11.5 Å². The second kappa shape index (κ2) is 6.49. The van der Waals surface area contributed by atoms with Crippen LogP contribution in [0.1, 0.15) is 23.9 Å². The third-order valence-electron chi connectivity index (χ3n) is 3.13. The number of nitro groups is 1. The van der Waals surface area contributed by atoms with E-state index in [1.807, 2.05) is 13.0 Å². The Morgan fingerprint density at radius 1 is 1.38 bits per heavy atom. The van der Waals surface area contributed by atoms with Gasteiger partial charge in [0.15, 0.2) is 0 Å². The van der Waals surface area contributed by atoms with Crippen LogP contribution in [0.5, 0.6) is 0 Å². The molecule has 0 amide bonds. The summed E-state index contributed by atoms with van der Waals surface area (Å²) in [6.07, 6.45) is 0.686. The Balaban J connectivity index is 2.19. The second-order valence-electron chi connectivity index (χ2n) is 4.52. The first-order valence-corrected chi connectivity index (χ1v) is 6.89. The van der Waals surface area contributed by atoms with E-state index in [1.165, 1.54) is 6.07 Å². The third-order valence-corrected chi connectivity index (χ3v) is 3.33. The van der Waals surface area contributed by atoms with Gasteiger partial charge in [0, 0.05) is 30.7 Å². The highest BCUT2D eigenvalue weighted by Crippen LogP contribution is 2.22. The summed E-state index contributed by atoms with van der Waals surface area (Å²) in [5, 5.41) is 14.4. The van der Waals surface area contributed by atoms with Gasteiger partial charge in [-0.25, -0.2) is 9.97 Å². The van der Waals surface area contributed by atoms with E-state index in [0.29, 0.717) is 35.3 Å². The number of benzene rings is 1. The monoisotopic (exact) mass is 306 g/mol. The molecule has 1 aromatic heterocycles. The van der Waals surface area contributed by atoms with Gasteiger partial charge in [-0.15, -0.1) is 0 Å². The van der Waals surface area contributed by atoms with Crippen molar-refractivity contribution in [1.82, 2.24) is 9.97 Å². The van der Waals surface area contributed by atoms with Gasteiger partial charge in [-0.05, 0) is 12.5 Å². The van der Waals surface area contributed by atoms with Crippen molar-refractivity contribution in [2.24, 2.45) is 0 Å². The quantitative estimate of drug-likeness (QED) is 0.519. The molecule has 1 aromatic carbocycles. The molecule has 0 saturated heterocycles. The Labute approximate surface area is 127 Å². The summed E-state index contributed by atoms with van der Waals surface area (Å²) in [5.74, 6) is 1.26. The summed E-state index contributed by atoms with van der Waals surface area (Å²) in [7, 11) is 0. The number of nitrogens with zero attached hydrogens (tertiary/aromatic N) is 3. The average molecular weight is 307 g/mol. The normalized spacial score (nSPS) is 10.4. The van der Waals surface area contributed by atoms with Crippen LogP contribution in [0, 0.1) is 17.0 Å². The lowest BCUT2D eigenvalue weighted by Gasteiger charge is -2.09. The van der Waals surface area contributed by atoms with Crippen molar-refractivity contribution in [3.8, 4) is 0 Å². The summed E-state index contributed by atoms with van der Waals surface area (Å²) in [4.78, 5) is 18.9. The summed E-state index contributed by atoms with van der Waals surface area (Å²) < 4.78 is 0. The second-order valence-corrected chi connectivity index (χ2v) is 4.90. The summed E-state index contributed by atoms with van der Waals surface area (Å²) in [6, 6.07) is 6.65. The first-order chi connectivity index (χ1) is 10.0. The van der Waals surface area contributed by atoms with E-state index in [4.69, 9.17) is 11.6 Å². The van der Waals surface area contributed by atoms with E-state index in [1.54, 1.807) is 19.1 Å². The minimum absolute atomic E-state index is 0.115. The van der Waals surface area contributed by atoms with Crippen LogP contribution in [-0.4, -0.2) is 14.9 Å². The van der Waals surface area contributed by atoms with Gasteiger partial charge in [-0.3, -0.25) is 10.1 Å². The number of halogens is 1. The molecule has 2 aromatic rings. The zero-order valence-corrected chi connectivity index (χ0v) is 12.5. The minimum atomic E-state index is -0.379. The maximum atomic E-state index is 10.9. The highest BCUT2D eigenvalue weighted by molar-refractivity contribution is 6.29. The van der Waals surface area contributed by atoms with E-state index in [9.17, 15) is 10.1 Å². The molecule has 0 radical (unpaired) electrons. The lowest BCUT2D eigenvalue weighted by molar-refractivity contribution is -0.385. The Kier molecular flexibility index (Phi) is 4.70. The zero-order chi connectivity index (χ0) is 15.4. The molecule has 0 saturated carbocycles. The largest absolute Gasteiger partial charge is 0.366 e. The standard InChI is InChI=1S/C14H15ClN4O2/c1-3-13-17-12(15)7-14(18-13)16-8-10-5-4-6-11(9(10)2)19(20)21/h4-7H,3,8H2,1-2H3,(H,16,17,18). The van der Waals surface area contributed by atoms with Crippen molar-refractivity contribution >= 4 is 23.1 Å². The molecular formula is C14H15ClN4O2. The lowest BCUT2D eigenvalue weighted by atomic mass is 10.1. The fourth-order valence-corrected chi connectivity index (χ4v) is 2.16. The van der Waals surface area contributed by atoms with E-state index in [-0.39, 0.29) is 10.6 Å². The summed E-state index contributed by atoms with van der Waals surface area (Å²) in [6.45, 7) is 4.11. The minimum Gasteiger partial charge on any atom is -0.366 e. The molecule has 7 heteroatoms. The van der Waals surface area contributed by atoms with Crippen LogP contribution in [-0.2, 0) is 13.0 Å². The Bertz CT molecular complexity index is 676. The first kappa shape index (κ1) is 15.2. The molecule has 110 valence electrons. The Morgan fingerprint density at radius 2 is 2.14 bits per heavy atom. The van der Waals surface area contributed by atoms with Crippen LogP contribution in [0.25, 0.3) is 0 Å². The fourth-order valence-electron chi connectivity index (χ4n) is 1.96. The van der Waals surface area contributed by atoms with Gasteiger partial charge in [0.05, 0.1) is 4.92 Å².